The lowest BCUT2D eigenvalue weighted by atomic mass is 10.1. The van der Waals surface area contributed by atoms with E-state index in [1.165, 1.54) is 0 Å². The van der Waals surface area contributed by atoms with Crippen molar-refractivity contribution in [2.75, 3.05) is 0 Å². The molecular formula is C10H8ClNO. The third-order valence-electron chi connectivity index (χ3n) is 1.73. The van der Waals surface area contributed by atoms with E-state index in [-0.39, 0.29) is 0 Å². The second-order valence-corrected chi connectivity index (χ2v) is 2.97. The minimum atomic E-state index is 0.439. The SMILES string of the molecule is N#Cc1cccc(CCC=O)c1Cl. The van der Waals surface area contributed by atoms with Crippen LogP contribution in [0.15, 0.2) is 18.2 Å². The minimum Gasteiger partial charge on any atom is -0.303 e. The van der Waals surface area contributed by atoms with Gasteiger partial charge in [-0.3, -0.25) is 0 Å². The Kier molecular flexibility index (Phi) is 3.48. The molecule has 0 saturated heterocycles. The second-order valence-electron chi connectivity index (χ2n) is 2.60. The Morgan fingerprint density at radius 1 is 1.54 bits per heavy atom. The topological polar surface area (TPSA) is 40.9 Å². The Bertz CT molecular complexity index is 354. The van der Waals surface area contributed by atoms with Gasteiger partial charge in [-0.25, -0.2) is 0 Å². The van der Waals surface area contributed by atoms with Crippen LogP contribution in [0.25, 0.3) is 0 Å². The molecule has 66 valence electrons. The maximum atomic E-state index is 10.1. The van der Waals surface area contributed by atoms with Gasteiger partial charge in [0.1, 0.15) is 12.4 Å². The molecule has 0 aliphatic carbocycles. The predicted molar refractivity (Wildman–Crippen MR) is 50.6 cm³/mol. The molecule has 0 saturated carbocycles. The van der Waals surface area contributed by atoms with Gasteiger partial charge in [0.2, 0.25) is 0 Å². The number of nitriles is 1. The maximum absolute atomic E-state index is 10.1. The first-order chi connectivity index (χ1) is 6.29. The number of carbonyl (C=O) groups is 1. The van der Waals surface area contributed by atoms with Crippen molar-refractivity contribution in [2.45, 2.75) is 12.8 Å². The molecule has 0 spiro atoms. The van der Waals surface area contributed by atoms with Crippen LogP contribution in [0, 0.1) is 11.3 Å². The molecule has 3 heteroatoms. The number of aryl methyl sites for hydroxylation is 1. The first kappa shape index (κ1) is 9.76. The van der Waals surface area contributed by atoms with E-state index in [1.807, 2.05) is 12.1 Å². The zero-order valence-corrected chi connectivity index (χ0v) is 7.71. The number of rotatable bonds is 3. The lowest BCUT2D eigenvalue weighted by molar-refractivity contribution is -0.107. The van der Waals surface area contributed by atoms with Gasteiger partial charge < -0.3 is 4.79 Å². The van der Waals surface area contributed by atoms with Gasteiger partial charge in [0.05, 0.1) is 10.6 Å². The first-order valence-electron chi connectivity index (χ1n) is 3.90. The van der Waals surface area contributed by atoms with Gasteiger partial charge in [-0.05, 0) is 18.1 Å². The van der Waals surface area contributed by atoms with Gasteiger partial charge in [-0.2, -0.15) is 5.26 Å². The lowest BCUT2D eigenvalue weighted by Gasteiger charge is -2.01. The standard InChI is InChI=1S/C10H8ClNO/c11-10-8(5-2-6-13)3-1-4-9(10)7-12/h1,3-4,6H,2,5H2. The predicted octanol–water partition coefficient (Wildman–Crippen LogP) is 2.34. The molecule has 0 radical (unpaired) electrons. The van der Waals surface area contributed by atoms with E-state index in [2.05, 4.69) is 0 Å². The molecule has 13 heavy (non-hydrogen) atoms. The first-order valence-corrected chi connectivity index (χ1v) is 4.28. The fourth-order valence-corrected chi connectivity index (χ4v) is 1.34. The van der Waals surface area contributed by atoms with Crippen LogP contribution in [0.3, 0.4) is 0 Å². The summed E-state index contributed by atoms with van der Waals surface area (Å²) in [5, 5.41) is 9.13. The summed E-state index contributed by atoms with van der Waals surface area (Å²) in [4.78, 5) is 10.1. The Balaban J connectivity index is 2.95. The van der Waals surface area contributed by atoms with Gasteiger partial charge in [-0.1, -0.05) is 23.7 Å². The van der Waals surface area contributed by atoms with E-state index in [0.717, 1.165) is 11.8 Å². The van der Waals surface area contributed by atoms with Crippen molar-refractivity contribution in [3.8, 4) is 6.07 Å². The van der Waals surface area contributed by atoms with Crippen molar-refractivity contribution in [3.63, 3.8) is 0 Å². The fraction of sp³-hybridized carbons (Fsp3) is 0.200. The highest BCUT2D eigenvalue weighted by Gasteiger charge is 2.04. The van der Waals surface area contributed by atoms with E-state index in [4.69, 9.17) is 16.9 Å². The van der Waals surface area contributed by atoms with E-state index in [0.29, 0.717) is 23.4 Å². The maximum Gasteiger partial charge on any atom is 0.120 e. The van der Waals surface area contributed by atoms with Crippen molar-refractivity contribution >= 4 is 17.9 Å². The van der Waals surface area contributed by atoms with Crippen molar-refractivity contribution in [1.82, 2.24) is 0 Å². The number of hydrogen-bond acceptors (Lipinski definition) is 2. The Morgan fingerprint density at radius 3 is 2.92 bits per heavy atom. The van der Waals surface area contributed by atoms with Crippen molar-refractivity contribution in [3.05, 3.63) is 34.3 Å². The van der Waals surface area contributed by atoms with Crippen LogP contribution in [0.1, 0.15) is 17.5 Å². The van der Waals surface area contributed by atoms with E-state index < -0.39 is 0 Å². The van der Waals surface area contributed by atoms with Gasteiger partial charge >= 0.3 is 0 Å². The number of nitrogens with zero attached hydrogens (tertiary/aromatic N) is 1. The van der Waals surface area contributed by atoms with Crippen LogP contribution >= 0.6 is 11.6 Å². The van der Waals surface area contributed by atoms with Crippen molar-refractivity contribution in [2.24, 2.45) is 0 Å². The number of benzene rings is 1. The summed E-state index contributed by atoms with van der Waals surface area (Å²) >= 11 is 5.91. The zero-order chi connectivity index (χ0) is 9.68. The summed E-state index contributed by atoms with van der Waals surface area (Å²) in [6, 6.07) is 7.25. The average molecular weight is 194 g/mol. The highest BCUT2D eigenvalue weighted by atomic mass is 35.5. The molecule has 1 rings (SSSR count). The zero-order valence-electron chi connectivity index (χ0n) is 6.96. The summed E-state index contributed by atoms with van der Waals surface area (Å²) in [6.07, 6.45) is 1.88. The Hall–Kier alpha value is -1.33. The molecule has 1 aromatic rings. The van der Waals surface area contributed by atoms with Crippen LogP contribution in [-0.4, -0.2) is 6.29 Å². The molecule has 0 bridgehead atoms. The van der Waals surface area contributed by atoms with E-state index in [1.54, 1.807) is 12.1 Å². The Labute approximate surface area is 81.7 Å². The highest BCUT2D eigenvalue weighted by molar-refractivity contribution is 6.32. The van der Waals surface area contributed by atoms with Gasteiger partial charge in [-0.15, -0.1) is 0 Å². The van der Waals surface area contributed by atoms with Gasteiger partial charge in [0.15, 0.2) is 0 Å². The molecule has 0 N–H and O–H groups in total. The molecule has 0 fully saturated rings. The van der Waals surface area contributed by atoms with E-state index >= 15 is 0 Å². The smallest absolute Gasteiger partial charge is 0.120 e. The van der Waals surface area contributed by atoms with Gasteiger partial charge in [0.25, 0.3) is 0 Å². The molecule has 0 unspecified atom stereocenters. The molecule has 0 atom stereocenters. The molecule has 0 heterocycles. The number of carbonyl (C=O) groups excluding carboxylic acids is 1. The fourth-order valence-electron chi connectivity index (χ4n) is 1.07. The summed E-state index contributed by atoms with van der Waals surface area (Å²) in [5.41, 5.74) is 1.32. The normalized spacial score (nSPS) is 9.23. The summed E-state index contributed by atoms with van der Waals surface area (Å²) < 4.78 is 0. The molecule has 0 aromatic heterocycles. The molecular weight excluding hydrogens is 186 g/mol. The van der Waals surface area contributed by atoms with Crippen LogP contribution in [0.4, 0.5) is 0 Å². The van der Waals surface area contributed by atoms with Gasteiger partial charge in [0, 0.05) is 6.42 Å². The molecule has 0 aliphatic heterocycles. The summed E-state index contributed by atoms with van der Waals surface area (Å²) in [5.74, 6) is 0. The Morgan fingerprint density at radius 2 is 2.31 bits per heavy atom. The number of hydrogen-bond donors (Lipinski definition) is 0. The minimum absolute atomic E-state index is 0.439. The van der Waals surface area contributed by atoms with Crippen LogP contribution in [0.2, 0.25) is 5.02 Å². The lowest BCUT2D eigenvalue weighted by Crippen LogP contribution is -1.89. The quantitative estimate of drug-likeness (QED) is 0.692. The van der Waals surface area contributed by atoms with Crippen LogP contribution in [-0.2, 0) is 11.2 Å². The third-order valence-corrected chi connectivity index (χ3v) is 2.18. The molecule has 0 amide bonds. The average Bonchev–Trinajstić information content (AvgIpc) is 2.16. The summed E-state index contributed by atoms with van der Waals surface area (Å²) in [7, 11) is 0. The van der Waals surface area contributed by atoms with Crippen molar-refractivity contribution < 1.29 is 4.79 Å². The van der Waals surface area contributed by atoms with Crippen LogP contribution < -0.4 is 0 Å². The van der Waals surface area contributed by atoms with Crippen molar-refractivity contribution in [1.29, 1.82) is 5.26 Å². The largest absolute Gasteiger partial charge is 0.303 e. The van der Waals surface area contributed by atoms with E-state index in [9.17, 15) is 4.79 Å². The number of halogens is 1. The molecule has 2 nitrogen and oxygen atoms in total. The highest BCUT2D eigenvalue weighted by Crippen LogP contribution is 2.21. The third kappa shape index (κ3) is 2.30. The monoisotopic (exact) mass is 193 g/mol. The number of aldehydes is 1. The summed E-state index contributed by atoms with van der Waals surface area (Å²) in [6.45, 7) is 0. The second kappa shape index (κ2) is 4.64. The van der Waals surface area contributed by atoms with Crippen LogP contribution in [0.5, 0.6) is 0 Å². The molecule has 0 aliphatic rings. The molecule has 1 aromatic carbocycles.